The van der Waals surface area contributed by atoms with Gasteiger partial charge in [-0.2, -0.15) is 0 Å². The van der Waals surface area contributed by atoms with Crippen molar-refractivity contribution in [3.63, 3.8) is 0 Å². The maximum Gasteiger partial charge on any atom is 0.320 e. The highest BCUT2D eigenvalue weighted by molar-refractivity contribution is 5.73. The molecule has 0 aliphatic heterocycles. The average Bonchev–Trinajstić information content (AvgIpc) is 2.35. The smallest absolute Gasteiger partial charge is 0.320 e. The lowest BCUT2D eigenvalue weighted by Gasteiger charge is -2.02. The summed E-state index contributed by atoms with van der Waals surface area (Å²) in [6, 6.07) is 1.07. The van der Waals surface area contributed by atoms with E-state index in [2.05, 4.69) is 0 Å². The van der Waals surface area contributed by atoms with Crippen LogP contribution in [0.1, 0.15) is 5.56 Å². The molecule has 1 heterocycles. The molecule has 1 aromatic heterocycles. The molecular formula is C8H12N2O2. The van der Waals surface area contributed by atoms with Crippen molar-refractivity contribution in [3.05, 3.63) is 24.0 Å². The monoisotopic (exact) mass is 168 g/mol. The fraction of sp³-hybridized carbons (Fsp3) is 0.375. The molecule has 4 nitrogen and oxygen atoms in total. The predicted molar refractivity (Wildman–Crippen MR) is 44.7 cm³/mol. The Kier molecular flexibility index (Phi) is 2.50. The summed E-state index contributed by atoms with van der Waals surface area (Å²) in [5, 5.41) is 8.52. The second-order valence-corrected chi connectivity index (χ2v) is 2.83. The Morgan fingerprint density at radius 2 is 2.50 bits per heavy atom. The topological polar surface area (TPSA) is 68.2 Å². The number of carbonyl (C=O) groups is 1. The van der Waals surface area contributed by atoms with E-state index in [1.54, 1.807) is 0 Å². The molecule has 0 unspecified atom stereocenters. The van der Waals surface area contributed by atoms with Crippen LogP contribution < -0.4 is 5.73 Å². The first-order chi connectivity index (χ1) is 5.59. The minimum absolute atomic E-state index is 0.385. The number of rotatable bonds is 3. The molecule has 0 saturated heterocycles. The number of aryl methyl sites for hydroxylation is 1. The Hall–Kier alpha value is -1.29. The minimum atomic E-state index is -0.959. The van der Waals surface area contributed by atoms with Gasteiger partial charge in [-0.25, -0.2) is 0 Å². The summed E-state index contributed by atoms with van der Waals surface area (Å²) in [5.41, 5.74) is 6.30. The van der Waals surface area contributed by atoms with Crippen molar-refractivity contribution in [2.75, 3.05) is 0 Å². The van der Waals surface area contributed by atoms with Crippen LogP contribution in [0.4, 0.5) is 0 Å². The van der Waals surface area contributed by atoms with Crippen molar-refractivity contribution in [2.24, 2.45) is 12.8 Å². The van der Waals surface area contributed by atoms with E-state index >= 15 is 0 Å². The molecule has 3 N–H and O–H groups in total. The number of aromatic nitrogens is 1. The summed E-state index contributed by atoms with van der Waals surface area (Å²) in [6.45, 7) is 0. The molecular weight excluding hydrogens is 156 g/mol. The normalized spacial score (nSPS) is 12.8. The Labute approximate surface area is 70.6 Å². The van der Waals surface area contributed by atoms with Gasteiger partial charge in [0.2, 0.25) is 0 Å². The predicted octanol–water partition coefficient (Wildman–Crippen LogP) is -0.0205. The molecule has 1 rings (SSSR count). The molecule has 0 aliphatic carbocycles. The van der Waals surface area contributed by atoms with Crippen LogP contribution in [0.5, 0.6) is 0 Å². The number of carboxylic acid groups (broad SMARTS) is 1. The molecule has 12 heavy (non-hydrogen) atoms. The molecule has 0 spiro atoms. The molecule has 0 fully saturated rings. The lowest BCUT2D eigenvalue weighted by Crippen LogP contribution is -2.32. The van der Waals surface area contributed by atoms with E-state index in [9.17, 15) is 4.79 Å². The van der Waals surface area contributed by atoms with E-state index in [0.717, 1.165) is 5.56 Å². The molecule has 0 saturated carbocycles. The van der Waals surface area contributed by atoms with Crippen LogP contribution in [-0.4, -0.2) is 21.7 Å². The third-order valence-electron chi connectivity index (χ3n) is 1.67. The molecule has 0 bridgehead atoms. The fourth-order valence-corrected chi connectivity index (χ4v) is 1.02. The maximum absolute atomic E-state index is 10.4. The Balaban J connectivity index is 2.58. The summed E-state index contributed by atoms with van der Waals surface area (Å²) in [6.07, 6.45) is 4.11. The van der Waals surface area contributed by atoms with Crippen molar-refractivity contribution < 1.29 is 9.90 Å². The third-order valence-corrected chi connectivity index (χ3v) is 1.67. The lowest BCUT2D eigenvalue weighted by molar-refractivity contribution is -0.138. The summed E-state index contributed by atoms with van der Waals surface area (Å²) in [7, 11) is 1.88. The summed E-state index contributed by atoms with van der Waals surface area (Å²) >= 11 is 0. The van der Waals surface area contributed by atoms with Gasteiger partial charge >= 0.3 is 5.97 Å². The van der Waals surface area contributed by atoms with Gasteiger partial charge in [-0.05, 0) is 18.1 Å². The van der Waals surface area contributed by atoms with Crippen LogP contribution in [0.2, 0.25) is 0 Å². The molecule has 0 aromatic carbocycles. The van der Waals surface area contributed by atoms with Crippen molar-refractivity contribution >= 4 is 5.97 Å². The van der Waals surface area contributed by atoms with Gasteiger partial charge in [0.25, 0.3) is 0 Å². The molecule has 0 amide bonds. The van der Waals surface area contributed by atoms with Crippen LogP contribution in [0, 0.1) is 0 Å². The first-order valence-electron chi connectivity index (χ1n) is 3.69. The van der Waals surface area contributed by atoms with Gasteiger partial charge in [0.15, 0.2) is 0 Å². The van der Waals surface area contributed by atoms with E-state index in [1.807, 2.05) is 30.1 Å². The summed E-state index contributed by atoms with van der Waals surface area (Å²) < 4.78 is 1.86. The maximum atomic E-state index is 10.4. The van der Waals surface area contributed by atoms with Gasteiger partial charge < -0.3 is 15.4 Å². The Bertz CT molecular complexity index is 280. The molecule has 4 heteroatoms. The zero-order valence-electron chi connectivity index (χ0n) is 6.90. The minimum Gasteiger partial charge on any atom is -0.480 e. The number of carboxylic acids is 1. The molecule has 66 valence electrons. The van der Waals surface area contributed by atoms with Crippen molar-refractivity contribution in [1.29, 1.82) is 0 Å². The zero-order chi connectivity index (χ0) is 9.14. The van der Waals surface area contributed by atoms with Crippen LogP contribution in [0.3, 0.4) is 0 Å². The van der Waals surface area contributed by atoms with E-state index in [-0.39, 0.29) is 0 Å². The second kappa shape index (κ2) is 3.40. The highest BCUT2D eigenvalue weighted by Crippen LogP contribution is 2.02. The van der Waals surface area contributed by atoms with Gasteiger partial charge in [0, 0.05) is 19.4 Å². The molecule has 0 radical (unpaired) electrons. The number of hydrogen-bond acceptors (Lipinski definition) is 2. The fourth-order valence-electron chi connectivity index (χ4n) is 1.02. The van der Waals surface area contributed by atoms with Gasteiger partial charge in [-0.3, -0.25) is 4.79 Å². The number of nitrogens with zero attached hydrogens (tertiary/aromatic N) is 1. The molecule has 1 aromatic rings. The van der Waals surface area contributed by atoms with Crippen LogP contribution in [0.25, 0.3) is 0 Å². The van der Waals surface area contributed by atoms with Gasteiger partial charge in [0.1, 0.15) is 6.04 Å². The molecule has 0 aliphatic rings. The lowest BCUT2D eigenvalue weighted by atomic mass is 10.1. The zero-order valence-corrected chi connectivity index (χ0v) is 6.90. The van der Waals surface area contributed by atoms with Gasteiger partial charge in [-0.1, -0.05) is 0 Å². The quantitative estimate of drug-likeness (QED) is 0.666. The largest absolute Gasteiger partial charge is 0.480 e. The highest BCUT2D eigenvalue weighted by atomic mass is 16.4. The van der Waals surface area contributed by atoms with Crippen molar-refractivity contribution in [1.82, 2.24) is 4.57 Å². The van der Waals surface area contributed by atoms with Gasteiger partial charge in [0.05, 0.1) is 0 Å². The van der Waals surface area contributed by atoms with Crippen LogP contribution in [0.15, 0.2) is 18.5 Å². The van der Waals surface area contributed by atoms with E-state index in [0.29, 0.717) is 6.42 Å². The first kappa shape index (κ1) is 8.80. The summed E-state index contributed by atoms with van der Waals surface area (Å²) in [5.74, 6) is -0.959. The standard InChI is InChI=1S/C8H12N2O2/c1-10-3-2-6(5-10)4-7(9)8(11)12/h2-3,5,7H,4,9H2,1H3,(H,11,12)/t7-/m0/s1. The van der Waals surface area contributed by atoms with Gasteiger partial charge in [-0.15, -0.1) is 0 Å². The van der Waals surface area contributed by atoms with Crippen LogP contribution >= 0.6 is 0 Å². The SMILES string of the molecule is Cn1ccc(C[C@H](N)C(=O)O)c1. The molecule has 1 atom stereocenters. The second-order valence-electron chi connectivity index (χ2n) is 2.83. The summed E-state index contributed by atoms with van der Waals surface area (Å²) in [4.78, 5) is 10.4. The third kappa shape index (κ3) is 2.10. The van der Waals surface area contributed by atoms with Crippen molar-refractivity contribution in [2.45, 2.75) is 12.5 Å². The first-order valence-corrected chi connectivity index (χ1v) is 3.69. The average molecular weight is 168 g/mol. The van der Waals surface area contributed by atoms with Crippen molar-refractivity contribution in [3.8, 4) is 0 Å². The number of nitrogens with two attached hydrogens (primary N) is 1. The van der Waals surface area contributed by atoms with E-state index in [1.165, 1.54) is 0 Å². The Morgan fingerprint density at radius 3 is 2.92 bits per heavy atom. The Morgan fingerprint density at radius 1 is 1.83 bits per heavy atom. The van der Waals surface area contributed by atoms with Crippen LogP contribution in [-0.2, 0) is 18.3 Å². The van der Waals surface area contributed by atoms with E-state index in [4.69, 9.17) is 10.8 Å². The van der Waals surface area contributed by atoms with E-state index < -0.39 is 12.0 Å². The highest BCUT2D eigenvalue weighted by Gasteiger charge is 2.11. The number of hydrogen-bond donors (Lipinski definition) is 2. The number of aliphatic carboxylic acids is 1.